The topological polar surface area (TPSA) is 78.2 Å². The molecular weight excluding hydrogens is 635 g/mol. The molecule has 0 saturated carbocycles. The zero-order chi connectivity index (χ0) is 35.4. The van der Waals surface area contributed by atoms with Crippen LogP contribution in [-0.4, -0.2) is 30.6 Å². The van der Waals surface area contributed by atoms with Crippen LogP contribution in [0.15, 0.2) is 69.9 Å². The Morgan fingerprint density at radius 1 is 0.796 bits per heavy atom. The van der Waals surface area contributed by atoms with Crippen LogP contribution in [0.5, 0.6) is 23.0 Å². The summed E-state index contributed by atoms with van der Waals surface area (Å²) >= 11 is 0. The number of hydrogen-bond donors (Lipinski definition) is 0. The molecule has 7 nitrogen and oxygen atoms in total. The Labute approximate surface area is 286 Å². The Balaban J connectivity index is 1.74. The van der Waals surface area contributed by atoms with Crippen LogP contribution in [0, 0.1) is 0 Å². The van der Waals surface area contributed by atoms with Crippen molar-refractivity contribution in [2.24, 2.45) is 0 Å². The maximum atomic E-state index is 14.5. The molecule has 0 fully saturated rings. The van der Waals surface area contributed by atoms with E-state index in [9.17, 15) is 22.8 Å². The summed E-state index contributed by atoms with van der Waals surface area (Å²) < 4.78 is 66.3. The van der Waals surface area contributed by atoms with Crippen molar-refractivity contribution in [3.8, 4) is 23.0 Å². The SMILES string of the molecule is CCCCCCOc1ccc(C(=O)Oc2ccc3c(=O)c(Oc4ccc(CCC)cc4)c(C(F)(F)F)oc3c2CN(CCC)CCC)cc1. The number of rotatable bonds is 18. The number of alkyl halides is 3. The summed E-state index contributed by atoms with van der Waals surface area (Å²) in [5.41, 5.74) is 0.103. The molecule has 0 atom stereocenters. The minimum absolute atomic E-state index is 0.00223. The van der Waals surface area contributed by atoms with E-state index < -0.39 is 29.1 Å². The number of ether oxygens (including phenoxy) is 3. The molecule has 4 rings (SSSR count). The number of carbonyl (C=O) groups excluding carboxylic acids is 1. The van der Waals surface area contributed by atoms with Crippen LogP contribution in [0.4, 0.5) is 13.2 Å². The minimum atomic E-state index is -5.05. The average molecular weight is 682 g/mol. The Morgan fingerprint density at radius 2 is 1.47 bits per heavy atom. The first kappa shape index (κ1) is 37.5. The van der Waals surface area contributed by atoms with Gasteiger partial charge < -0.3 is 18.6 Å². The van der Waals surface area contributed by atoms with E-state index in [0.717, 1.165) is 56.9 Å². The van der Waals surface area contributed by atoms with Gasteiger partial charge in [0.05, 0.1) is 23.1 Å². The highest BCUT2D eigenvalue weighted by molar-refractivity contribution is 5.92. The van der Waals surface area contributed by atoms with Gasteiger partial charge in [-0.25, -0.2) is 4.79 Å². The molecule has 10 heteroatoms. The fourth-order valence-electron chi connectivity index (χ4n) is 5.63. The maximum absolute atomic E-state index is 14.5. The van der Waals surface area contributed by atoms with Crippen LogP contribution in [0.2, 0.25) is 0 Å². The summed E-state index contributed by atoms with van der Waals surface area (Å²) in [6, 6.07) is 15.8. The molecule has 0 amide bonds. The number of aryl methyl sites for hydroxylation is 1. The Morgan fingerprint density at radius 3 is 2.08 bits per heavy atom. The first-order valence-electron chi connectivity index (χ1n) is 17.2. The molecule has 264 valence electrons. The lowest BCUT2D eigenvalue weighted by Crippen LogP contribution is -2.26. The Hall–Kier alpha value is -4.31. The highest BCUT2D eigenvalue weighted by atomic mass is 19.4. The van der Waals surface area contributed by atoms with Crippen molar-refractivity contribution in [1.82, 2.24) is 4.90 Å². The lowest BCUT2D eigenvalue weighted by molar-refractivity contribution is -0.154. The molecule has 4 aromatic rings. The van der Waals surface area contributed by atoms with Gasteiger partial charge in [-0.3, -0.25) is 9.69 Å². The van der Waals surface area contributed by atoms with Crippen molar-refractivity contribution < 1.29 is 36.6 Å². The number of hydrogen-bond acceptors (Lipinski definition) is 7. The van der Waals surface area contributed by atoms with Crippen molar-refractivity contribution >= 4 is 16.9 Å². The zero-order valence-corrected chi connectivity index (χ0v) is 28.8. The number of benzene rings is 3. The number of esters is 1. The summed E-state index contributed by atoms with van der Waals surface area (Å²) in [7, 11) is 0. The smallest absolute Gasteiger partial charge is 0.453 e. The van der Waals surface area contributed by atoms with E-state index in [4.69, 9.17) is 18.6 Å². The van der Waals surface area contributed by atoms with Gasteiger partial charge >= 0.3 is 12.1 Å². The van der Waals surface area contributed by atoms with E-state index in [1.165, 1.54) is 24.3 Å². The van der Waals surface area contributed by atoms with Crippen LogP contribution >= 0.6 is 0 Å². The number of halogens is 3. The summed E-state index contributed by atoms with van der Waals surface area (Å²) in [4.78, 5) is 29.1. The van der Waals surface area contributed by atoms with E-state index in [1.807, 2.05) is 25.7 Å². The molecule has 0 bridgehead atoms. The molecule has 0 aliphatic heterocycles. The molecule has 0 unspecified atom stereocenters. The Bertz CT molecular complexity index is 1710. The third kappa shape index (κ3) is 10.1. The lowest BCUT2D eigenvalue weighted by atomic mass is 10.1. The second-order valence-electron chi connectivity index (χ2n) is 12.1. The van der Waals surface area contributed by atoms with Gasteiger partial charge in [0.1, 0.15) is 22.8 Å². The average Bonchev–Trinajstić information content (AvgIpc) is 3.07. The number of fused-ring (bicyclic) bond motifs is 1. The second kappa shape index (κ2) is 17.9. The van der Waals surface area contributed by atoms with Gasteiger partial charge in [0, 0.05) is 6.54 Å². The summed E-state index contributed by atoms with van der Waals surface area (Å²) in [6.45, 7) is 10.1. The van der Waals surface area contributed by atoms with Gasteiger partial charge in [0.25, 0.3) is 5.76 Å². The van der Waals surface area contributed by atoms with Crippen LogP contribution < -0.4 is 19.6 Å². The van der Waals surface area contributed by atoms with Gasteiger partial charge in [0.15, 0.2) is 0 Å². The van der Waals surface area contributed by atoms with E-state index in [-0.39, 0.29) is 40.1 Å². The molecule has 0 aliphatic rings. The lowest BCUT2D eigenvalue weighted by Gasteiger charge is -2.23. The van der Waals surface area contributed by atoms with Crippen molar-refractivity contribution in [3.05, 3.63) is 93.3 Å². The van der Waals surface area contributed by atoms with Crippen LogP contribution in [0.25, 0.3) is 11.0 Å². The van der Waals surface area contributed by atoms with E-state index in [0.29, 0.717) is 25.4 Å². The molecule has 0 N–H and O–H groups in total. The monoisotopic (exact) mass is 681 g/mol. The fourth-order valence-corrected chi connectivity index (χ4v) is 5.63. The van der Waals surface area contributed by atoms with E-state index in [2.05, 4.69) is 6.92 Å². The Kier molecular flexibility index (Phi) is 13.7. The van der Waals surface area contributed by atoms with Gasteiger partial charge in [-0.15, -0.1) is 0 Å². The zero-order valence-electron chi connectivity index (χ0n) is 28.8. The minimum Gasteiger partial charge on any atom is -0.494 e. The molecule has 0 spiro atoms. The van der Waals surface area contributed by atoms with Gasteiger partial charge in [-0.2, -0.15) is 13.2 Å². The maximum Gasteiger partial charge on any atom is 0.453 e. The molecule has 3 aromatic carbocycles. The third-order valence-electron chi connectivity index (χ3n) is 8.04. The molecule has 0 radical (unpaired) electrons. The van der Waals surface area contributed by atoms with Crippen molar-refractivity contribution in [2.75, 3.05) is 19.7 Å². The molecule has 49 heavy (non-hydrogen) atoms. The highest BCUT2D eigenvalue weighted by Crippen LogP contribution is 2.40. The van der Waals surface area contributed by atoms with Crippen molar-refractivity contribution in [2.45, 2.75) is 91.8 Å². The largest absolute Gasteiger partial charge is 0.494 e. The molecule has 1 heterocycles. The van der Waals surface area contributed by atoms with E-state index >= 15 is 0 Å². The van der Waals surface area contributed by atoms with Gasteiger partial charge in [-0.1, -0.05) is 65.5 Å². The van der Waals surface area contributed by atoms with Gasteiger partial charge in [-0.05, 0) is 92.9 Å². The molecular formula is C39H46F3NO6. The standard InChI is InChI=1S/C39H46F3NO6/c1-5-9-10-11-25-46-29-19-15-28(16-20-29)38(45)48-33-22-21-31-34(44)36(47-30-17-13-27(12-6-2)14-18-30)37(39(40,41)42)49-35(31)32(33)26-43(23-7-3)24-8-4/h13-22H,5-12,23-26H2,1-4H3. The number of carbonyl (C=O) groups is 1. The number of unbranched alkanes of at least 4 members (excludes halogenated alkanes) is 3. The number of nitrogens with zero attached hydrogens (tertiary/aromatic N) is 1. The first-order chi connectivity index (χ1) is 23.6. The first-order valence-corrected chi connectivity index (χ1v) is 17.2. The van der Waals surface area contributed by atoms with Crippen molar-refractivity contribution in [1.29, 1.82) is 0 Å². The van der Waals surface area contributed by atoms with Crippen molar-refractivity contribution in [3.63, 3.8) is 0 Å². The van der Waals surface area contributed by atoms with Crippen LogP contribution in [-0.2, 0) is 19.1 Å². The van der Waals surface area contributed by atoms with Crippen LogP contribution in [0.3, 0.4) is 0 Å². The van der Waals surface area contributed by atoms with Gasteiger partial charge in [0.2, 0.25) is 11.2 Å². The summed E-state index contributed by atoms with van der Waals surface area (Å²) in [5, 5.41) is -0.117. The highest BCUT2D eigenvalue weighted by Gasteiger charge is 2.41. The van der Waals surface area contributed by atoms with Crippen LogP contribution in [0.1, 0.15) is 99.9 Å². The second-order valence-corrected chi connectivity index (χ2v) is 12.1. The molecule has 1 aromatic heterocycles. The fraction of sp³-hybridized carbons (Fsp3) is 0.436. The summed E-state index contributed by atoms with van der Waals surface area (Å²) in [5.74, 6) is -2.53. The third-order valence-corrected chi connectivity index (χ3v) is 8.04. The normalized spacial score (nSPS) is 11.7. The molecule has 0 aliphatic carbocycles. The predicted molar refractivity (Wildman–Crippen MR) is 185 cm³/mol. The summed E-state index contributed by atoms with van der Waals surface area (Å²) in [6.07, 6.45) is 2.48. The molecule has 0 saturated heterocycles. The van der Waals surface area contributed by atoms with E-state index in [1.54, 1.807) is 36.4 Å². The quantitative estimate of drug-likeness (QED) is 0.0588. The predicted octanol–water partition coefficient (Wildman–Crippen LogP) is 10.4.